The molecule has 110 valence electrons. The van der Waals surface area contributed by atoms with Gasteiger partial charge in [-0.2, -0.15) is 0 Å². The van der Waals surface area contributed by atoms with Crippen LogP contribution in [0.25, 0.3) is 10.2 Å². The highest BCUT2D eigenvalue weighted by atomic mass is 32.1. The number of aromatic nitrogens is 2. The highest BCUT2D eigenvalue weighted by molar-refractivity contribution is 7.18. The minimum Gasteiger partial charge on any atom is -0.378 e. The van der Waals surface area contributed by atoms with Crippen LogP contribution >= 0.6 is 11.3 Å². The number of aryl methyl sites for hydroxylation is 2. The molecule has 0 fully saturated rings. The van der Waals surface area contributed by atoms with E-state index >= 15 is 0 Å². The molecule has 0 amide bonds. The van der Waals surface area contributed by atoms with Gasteiger partial charge in [0.05, 0.1) is 25.1 Å². The Morgan fingerprint density at radius 1 is 1.35 bits per heavy atom. The van der Waals surface area contributed by atoms with Gasteiger partial charge >= 0.3 is 5.69 Å². The lowest BCUT2D eigenvalue weighted by Crippen LogP contribution is -2.36. The third-order valence-corrected chi connectivity index (χ3v) is 4.27. The Hall–Kier alpha value is -1.44. The Morgan fingerprint density at radius 3 is 2.75 bits per heavy atom. The number of ether oxygens (including phenoxy) is 1. The molecule has 0 aliphatic carbocycles. The van der Waals surface area contributed by atoms with Crippen molar-refractivity contribution in [3.8, 4) is 0 Å². The summed E-state index contributed by atoms with van der Waals surface area (Å²) in [7, 11) is 0. The van der Waals surface area contributed by atoms with Crippen LogP contribution in [0.2, 0.25) is 0 Å². The summed E-state index contributed by atoms with van der Waals surface area (Å²) in [4.78, 5) is 29.0. The molecule has 0 atom stereocenters. The van der Waals surface area contributed by atoms with E-state index in [1.165, 1.54) is 15.9 Å². The number of aromatic amines is 1. The van der Waals surface area contributed by atoms with Crippen LogP contribution in [0.3, 0.4) is 0 Å². The molecule has 6 nitrogen and oxygen atoms in total. The fourth-order valence-electron chi connectivity index (χ4n) is 2.25. The van der Waals surface area contributed by atoms with E-state index in [1.54, 1.807) is 0 Å². The zero-order chi connectivity index (χ0) is 14.7. The minimum absolute atomic E-state index is 0.235. The minimum atomic E-state index is -0.386. The van der Waals surface area contributed by atoms with Gasteiger partial charge in [0.15, 0.2) is 0 Å². The van der Waals surface area contributed by atoms with E-state index < -0.39 is 0 Å². The quantitative estimate of drug-likeness (QED) is 0.764. The summed E-state index contributed by atoms with van der Waals surface area (Å²) in [5.41, 5.74) is 5.72. The van der Waals surface area contributed by atoms with E-state index in [0.29, 0.717) is 30.0 Å². The smallest absolute Gasteiger partial charge is 0.329 e. The van der Waals surface area contributed by atoms with E-state index in [-0.39, 0.29) is 17.8 Å². The molecule has 0 bridgehead atoms. The lowest BCUT2D eigenvalue weighted by Gasteiger charge is -2.06. The Morgan fingerprint density at radius 2 is 2.10 bits per heavy atom. The van der Waals surface area contributed by atoms with Crippen molar-refractivity contribution >= 4 is 21.6 Å². The number of rotatable bonds is 6. The van der Waals surface area contributed by atoms with Crippen LogP contribution in [0, 0.1) is 6.92 Å². The van der Waals surface area contributed by atoms with Crippen LogP contribution in [0.4, 0.5) is 0 Å². The predicted molar refractivity (Wildman–Crippen MR) is 80.7 cm³/mol. The Labute approximate surface area is 120 Å². The van der Waals surface area contributed by atoms with Gasteiger partial charge in [0.2, 0.25) is 0 Å². The second-order valence-electron chi connectivity index (χ2n) is 4.48. The van der Waals surface area contributed by atoms with Crippen LogP contribution in [0.1, 0.15) is 17.4 Å². The topological polar surface area (TPSA) is 90.1 Å². The second kappa shape index (κ2) is 6.34. The zero-order valence-electron chi connectivity index (χ0n) is 11.7. The van der Waals surface area contributed by atoms with Gasteiger partial charge in [-0.15, -0.1) is 11.3 Å². The van der Waals surface area contributed by atoms with Crippen molar-refractivity contribution in [3.05, 3.63) is 31.3 Å². The average Bonchev–Trinajstić information content (AvgIpc) is 2.73. The molecule has 0 saturated heterocycles. The summed E-state index contributed by atoms with van der Waals surface area (Å²) in [5, 5.41) is 0.633. The maximum atomic E-state index is 12.5. The van der Waals surface area contributed by atoms with E-state index in [0.717, 1.165) is 16.9 Å². The molecule has 0 radical (unpaired) electrons. The number of nitrogens with one attached hydrogen (secondary N) is 1. The number of hydrogen-bond acceptors (Lipinski definition) is 5. The van der Waals surface area contributed by atoms with Gasteiger partial charge in [0.25, 0.3) is 5.56 Å². The zero-order valence-corrected chi connectivity index (χ0v) is 12.5. The van der Waals surface area contributed by atoms with E-state index in [1.807, 2.05) is 13.8 Å². The molecule has 2 aromatic rings. The van der Waals surface area contributed by atoms with Gasteiger partial charge in [-0.25, -0.2) is 4.79 Å². The number of fused-ring (bicyclic) bond motifs is 1. The summed E-state index contributed by atoms with van der Waals surface area (Å²) >= 11 is 1.46. The van der Waals surface area contributed by atoms with Crippen molar-refractivity contribution in [1.82, 2.24) is 9.55 Å². The van der Waals surface area contributed by atoms with Crippen molar-refractivity contribution in [2.45, 2.75) is 26.8 Å². The van der Waals surface area contributed by atoms with Crippen molar-refractivity contribution in [2.75, 3.05) is 19.8 Å². The fourth-order valence-corrected chi connectivity index (χ4v) is 3.38. The molecule has 3 N–H and O–H groups in total. The van der Waals surface area contributed by atoms with Crippen LogP contribution in [0.15, 0.2) is 9.59 Å². The molecule has 2 heterocycles. The first kappa shape index (κ1) is 15.0. The van der Waals surface area contributed by atoms with Crippen molar-refractivity contribution in [3.63, 3.8) is 0 Å². The van der Waals surface area contributed by atoms with Gasteiger partial charge in [-0.1, -0.05) is 6.92 Å². The van der Waals surface area contributed by atoms with E-state index in [2.05, 4.69) is 4.98 Å². The van der Waals surface area contributed by atoms with Gasteiger partial charge in [0.1, 0.15) is 4.83 Å². The first-order chi connectivity index (χ1) is 9.60. The highest BCUT2D eigenvalue weighted by Gasteiger charge is 2.15. The molecule has 2 rings (SSSR count). The molecule has 0 aliphatic heterocycles. The van der Waals surface area contributed by atoms with Crippen molar-refractivity contribution < 1.29 is 4.74 Å². The normalized spacial score (nSPS) is 11.3. The SMILES string of the molecule is CCc1c(C)sc2[nH]c(=O)n(CCOCCN)c(=O)c12. The molecule has 0 aliphatic rings. The molecule has 2 aromatic heterocycles. The lowest BCUT2D eigenvalue weighted by atomic mass is 10.1. The standard InChI is InChI=1S/C13H19N3O3S/c1-3-9-8(2)20-11-10(9)12(17)16(13(18)15-11)5-7-19-6-4-14/h3-7,14H2,1-2H3,(H,15,18). The van der Waals surface area contributed by atoms with Crippen molar-refractivity contribution in [1.29, 1.82) is 0 Å². The third-order valence-electron chi connectivity index (χ3n) is 3.21. The molecule has 0 spiro atoms. The molecular formula is C13H19N3O3S. The lowest BCUT2D eigenvalue weighted by molar-refractivity contribution is 0.131. The summed E-state index contributed by atoms with van der Waals surface area (Å²) in [6.07, 6.45) is 0.775. The second-order valence-corrected chi connectivity index (χ2v) is 5.71. The highest BCUT2D eigenvalue weighted by Crippen LogP contribution is 2.26. The molecule has 0 saturated carbocycles. The maximum absolute atomic E-state index is 12.5. The average molecular weight is 297 g/mol. The van der Waals surface area contributed by atoms with Crippen molar-refractivity contribution in [2.24, 2.45) is 5.73 Å². The van der Waals surface area contributed by atoms with E-state index in [4.69, 9.17) is 10.5 Å². The fraction of sp³-hybridized carbons (Fsp3) is 0.538. The van der Waals surface area contributed by atoms with Gasteiger partial charge in [0, 0.05) is 11.4 Å². The Bertz CT molecular complexity index is 714. The van der Waals surface area contributed by atoms with Gasteiger partial charge in [-0.3, -0.25) is 14.3 Å². The van der Waals surface area contributed by atoms with Crippen LogP contribution < -0.4 is 17.0 Å². The van der Waals surface area contributed by atoms with E-state index in [9.17, 15) is 9.59 Å². The summed E-state index contributed by atoms with van der Waals surface area (Å²) in [6.45, 7) is 5.36. The number of nitrogens with two attached hydrogens (primary N) is 1. The van der Waals surface area contributed by atoms with Gasteiger partial charge < -0.3 is 10.5 Å². The largest absolute Gasteiger partial charge is 0.378 e. The number of nitrogens with zero attached hydrogens (tertiary/aromatic N) is 1. The first-order valence-corrected chi connectivity index (χ1v) is 7.44. The third kappa shape index (κ3) is 2.70. The first-order valence-electron chi connectivity index (χ1n) is 6.63. The molecule has 7 heteroatoms. The van der Waals surface area contributed by atoms with Crippen LogP contribution in [-0.2, 0) is 17.7 Å². The van der Waals surface area contributed by atoms with Crippen LogP contribution in [0.5, 0.6) is 0 Å². The maximum Gasteiger partial charge on any atom is 0.329 e. The Balaban J connectivity index is 2.45. The molecule has 0 unspecified atom stereocenters. The molecule has 20 heavy (non-hydrogen) atoms. The number of hydrogen-bond donors (Lipinski definition) is 2. The summed E-state index contributed by atoms with van der Waals surface area (Å²) in [6, 6.07) is 0. The number of H-pyrrole nitrogens is 1. The number of thiophene rings is 1. The monoisotopic (exact) mass is 297 g/mol. The Kier molecular flexibility index (Phi) is 4.74. The predicted octanol–water partition coefficient (Wildman–Crippen LogP) is 0.597. The molecule has 0 aromatic carbocycles. The summed E-state index contributed by atoms with van der Waals surface area (Å²) < 4.78 is 6.43. The van der Waals surface area contributed by atoms with Gasteiger partial charge in [-0.05, 0) is 18.9 Å². The van der Waals surface area contributed by atoms with Crippen LogP contribution in [-0.4, -0.2) is 29.3 Å². The summed E-state index contributed by atoms with van der Waals surface area (Å²) in [5.74, 6) is 0. The molecular weight excluding hydrogens is 278 g/mol.